The van der Waals surface area contributed by atoms with E-state index in [-0.39, 0.29) is 23.4 Å². The number of nitrogen functional groups attached to an aromatic ring is 1. The first-order valence-electron chi connectivity index (χ1n) is 6.15. The average Bonchev–Trinajstić information content (AvgIpc) is 2.37. The molecule has 1 fully saturated rings. The van der Waals surface area contributed by atoms with Crippen LogP contribution in [0, 0.1) is 10.1 Å². The molecule has 1 heterocycles. The molecule has 0 spiro atoms. The lowest BCUT2D eigenvalue weighted by Crippen LogP contribution is -2.34. The second kappa shape index (κ2) is 5.41. The number of nitrogens with zero attached hydrogens (tertiary/aromatic N) is 1. The van der Waals surface area contributed by atoms with Crippen molar-refractivity contribution < 1.29 is 14.1 Å². The molecule has 1 aromatic rings. The lowest BCUT2D eigenvalue weighted by atomic mass is 9.91. The predicted octanol–water partition coefficient (Wildman–Crippen LogP) is 1.04. The Bertz CT molecular complexity index is 564. The molecule has 0 saturated carbocycles. The molecule has 2 unspecified atom stereocenters. The van der Waals surface area contributed by atoms with Crippen molar-refractivity contribution in [3.05, 3.63) is 33.4 Å². The number of alkyl halides is 1. The van der Waals surface area contributed by atoms with Crippen molar-refractivity contribution in [1.82, 2.24) is 5.32 Å². The summed E-state index contributed by atoms with van der Waals surface area (Å²) in [6.45, 7) is 0.459. The number of carbonyl (C=O) groups excluding carboxylic acids is 1. The molecule has 2 rings (SSSR count). The summed E-state index contributed by atoms with van der Waals surface area (Å²) in [5, 5.41) is 13.9. The van der Waals surface area contributed by atoms with Crippen molar-refractivity contribution in [1.29, 1.82) is 0 Å². The van der Waals surface area contributed by atoms with Gasteiger partial charge in [-0.15, -0.1) is 0 Å². The first-order valence-corrected chi connectivity index (χ1v) is 6.15. The molecule has 8 heteroatoms. The quantitative estimate of drug-likeness (QED) is 0.434. The van der Waals surface area contributed by atoms with Crippen molar-refractivity contribution in [3.63, 3.8) is 0 Å². The Balaban J connectivity index is 2.48. The molecule has 20 heavy (non-hydrogen) atoms. The largest absolute Gasteiger partial charge is 0.393 e. The van der Waals surface area contributed by atoms with Crippen LogP contribution in [0.2, 0.25) is 0 Å². The third-order valence-electron chi connectivity index (χ3n) is 3.38. The Morgan fingerprint density at radius 3 is 2.75 bits per heavy atom. The van der Waals surface area contributed by atoms with Gasteiger partial charge in [0.1, 0.15) is 11.9 Å². The van der Waals surface area contributed by atoms with Gasteiger partial charge in [0.25, 0.3) is 5.69 Å². The van der Waals surface area contributed by atoms with Crippen LogP contribution >= 0.6 is 0 Å². The van der Waals surface area contributed by atoms with E-state index in [1.165, 1.54) is 6.07 Å². The van der Waals surface area contributed by atoms with Crippen LogP contribution in [-0.2, 0) is 0 Å². The Labute approximate surface area is 114 Å². The Morgan fingerprint density at radius 1 is 1.50 bits per heavy atom. The third-order valence-corrected chi connectivity index (χ3v) is 3.38. The standard InChI is InChI=1S/C12H15FN4O3/c13-6-1-2-16-10(3-6)7-4-9(14)11(17(19)20)5-8(7)12(15)18/h4-6,10,16H,1-3,14H2,(H2,15,18). The first kappa shape index (κ1) is 14.2. The van der Waals surface area contributed by atoms with Crippen molar-refractivity contribution in [2.24, 2.45) is 5.73 Å². The van der Waals surface area contributed by atoms with Crippen molar-refractivity contribution in [2.75, 3.05) is 12.3 Å². The van der Waals surface area contributed by atoms with Crippen LogP contribution in [0.25, 0.3) is 0 Å². The molecule has 1 aliphatic rings. The minimum atomic E-state index is -0.988. The zero-order chi connectivity index (χ0) is 14.9. The number of hydrogen-bond acceptors (Lipinski definition) is 5. The number of primary amides is 1. The molecule has 1 saturated heterocycles. The summed E-state index contributed by atoms with van der Waals surface area (Å²) in [6.07, 6.45) is -0.416. The van der Waals surface area contributed by atoms with Crippen LogP contribution in [0.3, 0.4) is 0 Å². The monoisotopic (exact) mass is 282 g/mol. The van der Waals surface area contributed by atoms with Gasteiger partial charge in [0.15, 0.2) is 0 Å². The number of halogens is 1. The number of piperidine rings is 1. The highest BCUT2D eigenvalue weighted by molar-refractivity contribution is 5.96. The highest BCUT2D eigenvalue weighted by Gasteiger charge is 2.28. The second-order valence-electron chi connectivity index (χ2n) is 4.75. The summed E-state index contributed by atoms with van der Waals surface area (Å²) < 4.78 is 13.5. The van der Waals surface area contributed by atoms with E-state index in [4.69, 9.17) is 11.5 Å². The summed E-state index contributed by atoms with van der Waals surface area (Å²) in [4.78, 5) is 21.6. The van der Waals surface area contributed by atoms with E-state index in [2.05, 4.69) is 5.32 Å². The van der Waals surface area contributed by atoms with Crippen LogP contribution in [0.5, 0.6) is 0 Å². The summed E-state index contributed by atoms with van der Waals surface area (Å²) >= 11 is 0. The average molecular weight is 282 g/mol. The molecular formula is C12H15FN4O3. The number of carbonyl (C=O) groups is 1. The maximum absolute atomic E-state index is 13.5. The molecule has 1 aromatic carbocycles. The number of nitro benzene ring substituents is 1. The summed E-state index contributed by atoms with van der Waals surface area (Å²) in [5.74, 6) is -0.800. The number of rotatable bonds is 3. The molecule has 0 radical (unpaired) electrons. The van der Waals surface area contributed by atoms with Crippen molar-refractivity contribution in [2.45, 2.75) is 25.1 Å². The van der Waals surface area contributed by atoms with E-state index in [1.807, 2.05) is 0 Å². The van der Waals surface area contributed by atoms with Crippen LogP contribution < -0.4 is 16.8 Å². The van der Waals surface area contributed by atoms with Crippen molar-refractivity contribution in [3.8, 4) is 0 Å². The third kappa shape index (κ3) is 2.69. The summed E-state index contributed by atoms with van der Waals surface area (Å²) in [6, 6.07) is 1.95. The van der Waals surface area contributed by atoms with Crippen molar-refractivity contribution >= 4 is 17.3 Å². The fraction of sp³-hybridized carbons (Fsp3) is 0.417. The van der Waals surface area contributed by atoms with E-state index in [9.17, 15) is 19.3 Å². The number of benzene rings is 1. The molecule has 0 aliphatic carbocycles. The molecule has 5 N–H and O–H groups in total. The number of anilines is 1. The van der Waals surface area contributed by atoms with Gasteiger partial charge in [0.2, 0.25) is 5.91 Å². The molecule has 1 aliphatic heterocycles. The highest BCUT2D eigenvalue weighted by atomic mass is 19.1. The van der Waals surface area contributed by atoms with E-state index in [1.54, 1.807) is 0 Å². The maximum Gasteiger partial charge on any atom is 0.292 e. The first-order chi connectivity index (χ1) is 9.40. The lowest BCUT2D eigenvalue weighted by Gasteiger charge is -2.27. The van der Waals surface area contributed by atoms with Crippen LogP contribution in [-0.4, -0.2) is 23.5 Å². The van der Waals surface area contributed by atoms with Gasteiger partial charge in [-0.05, 0) is 31.0 Å². The molecule has 2 atom stereocenters. The van der Waals surface area contributed by atoms with Crippen LogP contribution in [0.15, 0.2) is 12.1 Å². The van der Waals surface area contributed by atoms with Gasteiger partial charge in [0, 0.05) is 12.1 Å². The second-order valence-corrected chi connectivity index (χ2v) is 4.75. The van der Waals surface area contributed by atoms with Crippen LogP contribution in [0.4, 0.5) is 15.8 Å². The Kier molecular flexibility index (Phi) is 3.84. The van der Waals surface area contributed by atoms with E-state index >= 15 is 0 Å². The fourth-order valence-electron chi connectivity index (χ4n) is 2.39. The number of nitrogens with two attached hydrogens (primary N) is 2. The maximum atomic E-state index is 13.5. The van der Waals surface area contributed by atoms with Gasteiger partial charge < -0.3 is 16.8 Å². The molecule has 7 nitrogen and oxygen atoms in total. The van der Waals surface area contributed by atoms with Gasteiger partial charge >= 0.3 is 0 Å². The van der Waals surface area contributed by atoms with Crippen LogP contribution in [0.1, 0.15) is 34.8 Å². The minimum Gasteiger partial charge on any atom is -0.393 e. The van der Waals surface area contributed by atoms with Gasteiger partial charge in [-0.3, -0.25) is 14.9 Å². The van der Waals surface area contributed by atoms with Gasteiger partial charge in [-0.25, -0.2) is 4.39 Å². The van der Waals surface area contributed by atoms with E-state index in [0.717, 1.165) is 6.07 Å². The topological polar surface area (TPSA) is 124 Å². The van der Waals surface area contributed by atoms with Gasteiger partial charge in [0.05, 0.1) is 10.5 Å². The summed E-state index contributed by atoms with van der Waals surface area (Å²) in [7, 11) is 0. The molecule has 0 aromatic heterocycles. The predicted molar refractivity (Wildman–Crippen MR) is 70.9 cm³/mol. The number of amides is 1. The zero-order valence-electron chi connectivity index (χ0n) is 10.6. The normalized spacial score (nSPS) is 22.4. The Morgan fingerprint density at radius 2 is 2.20 bits per heavy atom. The fourth-order valence-corrected chi connectivity index (χ4v) is 2.39. The van der Waals surface area contributed by atoms with E-state index < -0.39 is 23.0 Å². The molecule has 108 valence electrons. The summed E-state index contributed by atoms with van der Waals surface area (Å²) in [5.41, 5.74) is 10.8. The van der Waals surface area contributed by atoms with Gasteiger partial charge in [-0.1, -0.05) is 0 Å². The molecule has 0 bridgehead atoms. The number of nitrogens with one attached hydrogen (secondary N) is 1. The smallest absolute Gasteiger partial charge is 0.292 e. The zero-order valence-corrected chi connectivity index (χ0v) is 10.6. The minimum absolute atomic E-state index is 0.00231. The van der Waals surface area contributed by atoms with Gasteiger partial charge in [-0.2, -0.15) is 0 Å². The Hall–Kier alpha value is -2.22. The molecular weight excluding hydrogens is 267 g/mol. The lowest BCUT2D eigenvalue weighted by molar-refractivity contribution is -0.383. The highest BCUT2D eigenvalue weighted by Crippen LogP contribution is 2.33. The molecule has 1 amide bonds. The number of nitro groups is 1. The number of hydrogen-bond donors (Lipinski definition) is 3. The SMILES string of the molecule is NC(=O)c1cc([N+](=O)[O-])c(N)cc1C1CC(F)CCN1. The van der Waals surface area contributed by atoms with E-state index in [0.29, 0.717) is 18.5 Å².